The Labute approximate surface area is 143 Å². The van der Waals surface area contributed by atoms with E-state index < -0.39 is 11.4 Å². The molecule has 0 fully saturated rings. The van der Waals surface area contributed by atoms with Crippen molar-refractivity contribution in [3.8, 4) is 34.2 Å². The third-order valence-electron chi connectivity index (χ3n) is 4.35. The van der Waals surface area contributed by atoms with Crippen LogP contribution in [0.25, 0.3) is 22.4 Å². The lowest BCUT2D eigenvalue weighted by molar-refractivity contribution is 0.301. The first-order chi connectivity index (χ1) is 12.1. The van der Waals surface area contributed by atoms with Gasteiger partial charge >= 0.3 is 0 Å². The molecular weight excluding hydrogens is 319 g/mol. The summed E-state index contributed by atoms with van der Waals surface area (Å²) >= 11 is 0. The lowest BCUT2D eigenvalue weighted by Gasteiger charge is -2.23. The van der Waals surface area contributed by atoms with E-state index in [1.807, 2.05) is 37.3 Å². The third kappa shape index (κ3) is 2.39. The first-order valence-corrected chi connectivity index (χ1v) is 7.77. The number of nitrogens with zero attached hydrogens (tertiary/aromatic N) is 1. The quantitative estimate of drug-likeness (QED) is 0.734. The largest absolute Gasteiger partial charge is 0.488 e. The topological polar surface area (TPSA) is 65.9 Å². The van der Waals surface area contributed by atoms with Gasteiger partial charge in [-0.3, -0.25) is 4.79 Å². The molecule has 0 spiro atoms. The van der Waals surface area contributed by atoms with Crippen LogP contribution in [0, 0.1) is 24.1 Å². The zero-order valence-electron chi connectivity index (χ0n) is 13.4. The Hall–Kier alpha value is -3.39. The zero-order valence-corrected chi connectivity index (χ0v) is 13.4. The van der Waals surface area contributed by atoms with Crippen molar-refractivity contribution >= 4 is 0 Å². The van der Waals surface area contributed by atoms with Crippen LogP contribution >= 0.6 is 0 Å². The normalized spacial score (nSPS) is 11.9. The molecule has 122 valence electrons. The molecular formula is C20H13FN2O2. The fourth-order valence-electron chi connectivity index (χ4n) is 3.13. The SMILES string of the molecule is Cc1ccc(-c2c3c([nH]c(=O)c2C#N)-c2cc(F)ccc2OC3)cc1. The van der Waals surface area contributed by atoms with Gasteiger partial charge in [0.15, 0.2) is 0 Å². The Kier molecular flexibility index (Phi) is 3.40. The van der Waals surface area contributed by atoms with Gasteiger partial charge in [0.1, 0.15) is 29.8 Å². The lowest BCUT2D eigenvalue weighted by Crippen LogP contribution is -2.19. The number of aryl methyl sites for hydroxylation is 1. The monoisotopic (exact) mass is 332 g/mol. The molecule has 1 aliphatic rings. The molecule has 0 radical (unpaired) electrons. The molecule has 4 nitrogen and oxygen atoms in total. The molecule has 0 amide bonds. The molecule has 4 rings (SSSR count). The second-order valence-electron chi connectivity index (χ2n) is 5.96. The van der Waals surface area contributed by atoms with Crippen molar-refractivity contribution in [1.29, 1.82) is 5.26 Å². The van der Waals surface area contributed by atoms with Crippen LogP contribution in [0.1, 0.15) is 16.7 Å². The van der Waals surface area contributed by atoms with E-state index in [0.29, 0.717) is 28.1 Å². The fourth-order valence-corrected chi connectivity index (χ4v) is 3.13. The van der Waals surface area contributed by atoms with Crippen LogP contribution in [0.5, 0.6) is 5.75 Å². The van der Waals surface area contributed by atoms with E-state index in [-0.39, 0.29) is 12.2 Å². The molecule has 0 atom stereocenters. The average Bonchev–Trinajstić information content (AvgIpc) is 2.61. The van der Waals surface area contributed by atoms with Crippen LogP contribution in [-0.2, 0) is 6.61 Å². The number of ether oxygens (including phenoxy) is 1. The summed E-state index contributed by atoms with van der Waals surface area (Å²) in [6.45, 7) is 2.16. The van der Waals surface area contributed by atoms with E-state index in [1.165, 1.54) is 18.2 Å². The maximum absolute atomic E-state index is 13.7. The summed E-state index contributed by atoms with van der Waals surface area (Å²) in [4.78, 5) is 15.2. The predicted octanol–water partition coefficient (Wildman–Crippen LogP) is 3.92. The molecule has 0 saturated carbocycles. The molecule has 1 N–H and O–H groups in total. The molecule has 2 heterocycles. The minimum absolute atomic E-state index is 0.0334. The molecule has 0 bridgehead atoms. The summed E-state index contributed by atoms with van der Waals surface area (Å²) in [5, 5.41) is 9.49. The Balaban J connectivity index is 2.07. The van der Waals surface area contributed by atoms with Gasteiger partial charge in [-0.25, -0.2) is 4.39 Å². The molecule has 0 saturated heterocycles. The van der Waals surface area contributed by atoms with E-state index in [2.05, 4.69) is 4.98 Å². The molecule has 5 heteroatoms. The van der Waals surface area contributed by atoms with Gasteiger partial charge in [-0.2, -0.15) is 5.26 Å². The minimum atomic E-state index is -0.492. The maximum atomic E-state index is 13.7. The molecule has 3 aromatic rings. The molecule has 25 heavy (non-hydrogen) atoms. The van der Waals surface area contributed by atoms with Gasteiger partial charge in [0.25, 0.3) is 5.56 Å². The van der Waals surface area contributed by atoms with E-state index in [0.717, 1.165) is 11.1 Å². The van der Waals surface area contributed by atoms with E-state index in [4.69, 9.17) is 4.74 Å². The Morgan fingerprint density at radius 2 is 1.96 bits per heavy atom. The van der Waals surface area contributed by atoms with Crippen molar-refractivity contribution in [1.82, 2.24) is 4.98 Å². The predicted molar refractivity (Wildman–Crippen MR) is 91.7 cm³/mol. The Morgan fingerprint density at radius 1 is 1.20 bits per heavy atom. The second-order valence-corrected chi connectivity index (χ2v) is 5.96. The van der Waals surface area contributed by atoms with Crippen molar-refractivity contribution in [2.75, 3.05) is 0 Å². The number of aromatic nitrogens is 1. The fraction of sp³-hybridized carbons (Fsp3) is 0.100. The van der Waals surface area contributed by atoms with E-state index in [9.17, 15) is 14.4 Å². The maximum Gasteiger partial charge on any atom is 0.266 e. The summed E-state index contributed by atoms with van der Waals surface area (Å²) in [5.41, 5.74) is 3.57. The molecule has 0 aliphatic carbocycles. The van der Waals surface area contributed by atoms with E-state index >= 15 is 0 Å². The highest BCUT2D eigenvalue weighted by atomic mass is 19.1. The Bertz CT molecular complexity index is 1090. The molecule has 2 aromatic carbocycles. The van der Waals surface area contributed by atoms with E-state index in [1.54, 1.807) is 0 Å². The lowest BCUT2D eigenvalue weighted by atomic mass is 9.91. The summed E-state index contributed by atoms with van der Waals surface area (Å²) in [6.07, 6.45) is 0. The van der Waals surface area contributed by atoms with Gasteiger partial charge in [0.05, 0.1) is 5.69 Å². The highest BCUT2D eigenvalue weighted by Gasteiger charge is 2.25. The highest BCUT2D eigenvalue weighted by molar-refractivity contribution is 5.83. The number of aromatic amines is 1. The summed E-state index contributed by atoms with van der Waals surface area (Å²) in [7, 11) is 0. The first kappa shape index (κ1) is 15.2. The highest BCUT2D eigenvalue weighted by Crippen LogP contribution is 2.40. The number of benzene rings is 2. The van der Waals surface area contributed by atoms with Crippen molar-refractivity contribution in [2.45, 2.75) is 13.5 Å². The zero-order chi connectivity index (χ0) is 17.6. The van der Waals surface area contributed by atoms with Crippen LogP contribution in [0.2, 0.25) is 0 Å². The van der Waals surface area contributed by atoms with Gasteiger partial charge in [0, 0.05) is 16.7 Å². The standard InChI is InChI=1S/C20H13FN2O2/c1-11-2-4-12(5-3-11)18-15(9-22)20(24)23-19-14-8-13(21)6-7-17(14)25-10-16(18)19/h2-8H,10H2,1H3,(H,23,24). The first-order valence-electron chi connectivity index (χ1n) is 7.77. The average molecular weight is 332 g/mol. The number of halogens is 1. The summed E-state index contributed by atoms with van der Waals surface area (Å²) < 4.78 is 19.4. The molecule has 1 aliphatic heterocycles. The van der Waals surface area contributed by atoms with Crippen LogP contribution in [-0.4, -0.2) is 4.98 Å². The number of nitriles is 1. The van der Waals surface area contributed by atoms with Gasteiger partial charge in [-0.15, -0.1) is 0 Å². The van der Waals surface area contributed by atoms with Crippen LogP contribution < -0.4 is 10.3 Å². The van der Waals surface area contributed by atoms with Gasteiger partial charge in [-0.1, -0.05) is 29.8 Å². The van der Waals surface area contributed by atoms with Crippen LogP contribution in [0.4, 0.5) is 4.39 Å². The molecule has 1 aromatic heterocycles. The number of H-pyrrole nitrogens is 1. The van der Waals surface area contributed by atoms with Crippen LogP contribution in [0.15, 0.2) is 47.3 Å². The van der Waals surface area contributed by atoms with Gasteiger partial charge in [0.2, 0.25) is 0 Å². The summed E-state index contributed by atoms with van der Waals surface area (Å²) in [6, 6.07) is 13.7. The number of hydrogen-bond acceptors (Lipinski definition) is 3. The number of hydrogen-bond donors (Lipinski definition) is 1. The number of rotatable bonds is 1. The summed E-state index contributed by atoms with van der Waals surface area (Å²) in [5.74, 6) is 0.0846. The van der Waals surface area contributed by atoms with Crippen molar-refractivity contribution < 1.29 is 9.13 Å². The Morgan fingerprint density at radius 3 is 2.68 bits per heavy atom. The minimum Gasteiger partial charge on any atom is -0.488 e. The van der Waals surface area contributed by atoms with Crippen molar-refractivity contribution in [3.05, 3.63) is 75.3 Å². The number of nitrogens with one attached hydrogen (secondary N) is 1. The van der Waals surface area contributed by atoms with Crippen LogP contribution in [0.3, 0.4) is 0 Å². The second kappa shape index (κ2) is 5.60. The smallest absolute Gasteiger partial charge is 0.266 e. The molecule has 0 unspecified atom stereocenters. The number of fused-ring (bicyclic) bond motifs is 3. The van der Waals surface area contributed by atoms with Gasteiger partial charge in [-0.05, 0) is 30.7 Å². The van der Waals surface area contributed by atoms with Crippen molar-refractivity contribution in [3.63, 3.8) is 0 Å². The van der Waals surface area contributed by atoms with Gasteiger partial charge < -0.3 is 9.72 Å². The van der Waals surface area contributed by atoms with Crippen molar-refractivity contribution in [2.24, 2.45) is 0 Å². The third-order valence-corrected chi connectivity index (χ3v) is 4.35. The number of pyridine rings is 1.